The molecule has 12 aromatic carbocycles. The van der Waals surface area contributed by atoms with Crippen LogP contribution in [0.3, 0.4) is 0 Å². The minimum atomic E-state index is 1.02. The van der Waals surface area contributed by atoms with Crippen LogP contribution in [-0.2, 0) is 25.7 Å². The molecule has 0 amide bonds. The molecule has 0 fully saturated rings. The van der Waals surface area contributed by atoms with Gasteiger partial charge in [-0.05, 0) is 202 Å². The SMILES string of the molecule is C=Cc1ccc(CCCc2ccc(-n3c4ccccc4c4cc(N(c5ccc(-c6ccccc6)cc5)c5ccc(-c6ccc(-c7ccc8c(c7)c7cc(CCCc9ccc(C=C)cc9)ccc7n8-c7ccccc7)cc6)cc5)ccc43)cc2)cc1. The van der Waals surface area contributed by atoms with Crippen LogP contribution in [-0.4, -0.2) is 9.13 Å². The van der Waals surface area contributed by atoms with Gasteiger partial charge in [0, 0.05) is 50.0 Å². The van der Waals surface area contributed by atoms with E-state index >= 15 is 0 Å². The zero-order chi connectivity index (χ0) is 57.1. The highest BCUT2D eigenvalue weighted by atomic mass is 15.1. The summed E-state index contributed by atoms with van der Waals surface area (Å²) >= 11 is 0. The highest BCUT2D eigenvalue weighted by Gasteiger charge is 2.19. The van der Waals surface area contributed by atoms with Gasteiger partial charge in [0.25, 0.3) is 0 Å². The van der Waals surface area contributed by atoms with Gasteiger partial charge >= 0.3 is 0 Å². The quantitative estimate of drug-likeness (QED) is 0.0835. The van der Waals surface area contributed by atoms with Gasteiger partial charge in [0.15, 0.2) is 0 Å². The van der Waals surface area contributed by atoms with Gasteiger partial charge in [0.05, 0.1) is 22.1 Å². The first-order valence-electron chi connectivity index (χ1n) is 29.9. The molecule has 14 aromatic rings. The first kappa shape index (κ1) is 52.6. The lowest BCUT2D eigenvalue weighted by Gasteiger charge is -2.26. The Balaban J connectivity index is 0.756. The van der Waals surface area contributed by atoms with Crippen LogP contribution in [0.25, 0.3) is 101 Å². The number of para-hydroxylation sites is 2. The normalized spacial score (nSPS) is 11.4. The van der Waals surface area contributed by atoms with Crippen molar-refractivity contribution in [2.75, 3.05) is 4.90 Å². The van der Waals surface area contributed by atoms with Crippen molar-refractivity contribution in [3.8, 4) is 44.8 Å². The molecule has 0 spiro atoms. The van der Waals surface area contributed by atoms with E-state index in [1.54, 1.807) is 0 Å². The molecule has 0 bridgehead atoms. The predicted octanol–water partition coefficient (Wildman–Crippen LogP) is 22.0. The summed E-state index contributed by atoms with van der Waals surface area (Å²) in [6.45, 7) is 7.82. The molecule has 14 rings (SSSR count). The summed E-state index contributed by atoms with van der Waals surface area (Å²) in [6, 6.07) is 105. The minimum Gasteiger partial charge on any atom is -0.310 e. The third-order valence-electron chi connectivity index (χ3n) is 17.2. The van der Waals surface area contributed by atoms with Gasteiger partial charge in [-0.2, -0.15) is 0 Å². The van der Waals surface area contributed by atoms with Gasteiger partial charge in [-0.25, -0.2) is 0 Å². The summed E-state index contributed by atoms with van der Waals surface area (Å²) in [4.78, 5) is 2.40. The summed E-state index contributed by atoms with van der Waals surface area (Å²) in [5, 5.41) is 4.99. The van der Waals surface area contributed by atoms with E-state index in [2.05, 4.69) is 312 Å². The zero-order valence-electron chi connectivity index (χ0n) is 47.8. The van der Waals surface area contributed by atoms with Gasteiger partial charge in [-0.1, -0.05) is 213 Å². The molecule has 3 nitrogen and oxygen atoms in total. The maximum absolute atomic E-state index is 3.92. The number of aromatic nitrogens is 2. The fourth-order valence-electron chi connectivity index (χ4n) is 12.6. The van der Waals surface area contributed by atoms with Crippen molar-refractivity contribution in [1.82, 2.24) is 9.13 Å². The second-order valence-electron chi connectivity index (χ2n) is 22.4. The van der Waals surface area contributed by atoms with Crippen molar-refractivity contribution in [1.29, 1.82) is 0 Å². The molecule has 0 radical (unpaired) electrons. The van der Waals surface area contributed by atoms with E-state index in [0.29, 0.717) is 0 Å². The third kappa shape index (κ3) is 10.7. The molecule has 3 heteroatoms. The smallest absolute Gasteiger partial charge is 0.0542 e. The van der Waals surface area contributed by atoms with Gasteiger partial charge in [0.1, 0.15) is 0 Å². The molecule has 0 unspecified atom stereocenters. The van der Waals surface area contributed by atoms with E-state index in [1.165, 1.54) is 105 Å². The Kier molecular flexibility index (Phi) is 14.5. The predicted molar refractivity (Wildman–Crippen MR) is 363 cm³/mol. The molecule has 2 heterocycles. The molecular weight excluding hydrogens is 1030 g/mol. The number of fused-ring (bicyclic) bond motifs is 6. The Bertz CT molecular complexity index is 4660. The molecule has 0 saturated heterocycles. The van der Waals surface area contributed by atoms with E-state index in [0.717, 1.165) is 72.4 Å². The van der Waals surface area contributed by atoms with Gasteiger partial charge in [-0.15, -0.1) is 0 Å². The standard InChI is InChI=1S/C82H65N3/c1-3-58-25-29-60(30-26-58)15-13-16-62-33-45-73(46-34-62)85-79-24-12-11-23-75(79)78-57-74(51-54-82(78)85)83(71-47-40-66(41-48-71)64-19-7-5-8-20-64)72-49-42-67(43-50-72)65-36-38-68(39-37-65)69-44-53-81-77(56-69)76-55-63(18-14-17-61-31-27-59(4-2)28-32-61)35-52-80(76)84(81)70-21-9-6-10-22-70/h3-12,19-57H,1-2,13-18H2. The van der Waals surface area contributed by atoms with Crippen molar-refractivity contribution < 1.29 is 0 Å². The van der Waals surface area contributed by atoms with Crippen LogP contribution in [0.15, 0.2) is 298 Å². The van der Waals surface area contributed by atoms with Crippen LogP contribution in [0, 0.1) is 0 Å². The molecular formula is C82H65N3. The highest BCUT2D eigenvalue weighted by Crippen LogP contribution is 2.42. The van der Waals surface area contributed by atoms with Crippen molar-refractivity contribution in [2.45, 2.75) is 38.5 Å². The van der Waals surface area contributed by atoms with E-state index in [1.807, 2.05) is 12.2 Å². The maximum Gasteiger partial charge on any atom is 0.0542 e. The van der Waals surface area contributed by atoms with Crippen LogP contribution in [0.5, 0.6) is 0 Å². The largest absolute Gasteiger partial charge is 0.310 e. The fourth-order valence-corrected chi connectivity index (χ4v) is 12.6. The molecule has 0 aliphatic heterocycles. The summed E-state index contributed by atoms with van der Waals surface area (Å²) < 4.78 is 4.84. The molecule has 408 valence electrons. The Morgan fingerprint density at radius 3 is 1.19 bits per heavy atom. The second kappa shape index (κ2) is 23.4. The lowest BCUT2D eigenvalue weighted by Crippen LogP contribution is -2.10. The number of nitrogens with zero attached hydrogens (tertiary/aromatic N) is 3. The minimum absolute atomic E-state index is 1.02. The van der Waals surface area contributed by atoms with Crippen molar-refractivity contribution in [2.24, 2.45) is 0 Å². The lowest BCUT2D eigenvalue weighted by molar-refractivity contribution is 0.820. The average molecular weight is 1090 g/mol. The summed E-state index contributed by atoms with van der Waals surface area (Å²) in [5.41, 5.74) is 25.3. The number of anilines is 3. The summed E-state index contributed by atoms with van der Waals surface area (Å²) in [7, 11) is 0. The molecule has 0 atom stereocenters. The molecule has 2 aromatic heterocycles. The van der Waals surface area contributed by atoms with Crippen molar-refractivity contribution >= 4 is 72.8 Å². The van der Waals surface area contributed by atoms with Crippen LogP contribution in [0.1, 0.15) is 46.2 Å². The topological polar surface area (TPSA) is 13.1 Å². The summed E-state index contributed by atoms with van der Waals surface area (Å²) in [6.07, 6.45) is 10.2. The van der Waals surface area contributed by atoms with Crippen LogP contribution in [0.2, 0.25) is 0 Å². The summed E-state index contributed by atoms with van der Waals surface area (Å²) in [5.74, 6) is 0. The molecule has 0 aliphatic rings. The maximum atomic E-state index is 3.92. The van der Waals surface area contributed by atoms with Gasteiger partial charge < -0.3 is 14.0 Å². The van der Waals surface area contributed by atoms with E-state index in [-0.39, 0.29) is 0 Å². The third-order valence-corrected chi connectivity index (χ3v) is 17.2. The van der Waals surface area contributed by atoms with Crippen LogP contribution in [0.4, 0.5) is 17.1 Å². The van der Waals surface area contributed by atoms with Crippen molar-refractivity contribution in [3.05, 3.63) is 332 Å². The number of hydrogen-bond acceptors (Lipinski definition) is 1. The Morgan fingerprint density at radius 2 is 0.635 bits per heavy atom. The van der Waals surface area contributed by atoms with E-state index in [9.17, 15) is 0 Å². The average Bonchev–Trinajstić information content (AvgIpc) is 2.40. The highest BCUT2D eigenvalue weighted by molar-refractivity contribution is 6.12. The molecule has 0 aliphatic carbocycles. The number of hydrogen-bond donors (Lipinski definition) is 0. The number of aryl methyl sites for hydroxylation is 4. The second-order valence-corrected chi connectivity index (χ2v) is 22.4. The van der Waals surface area contributed by atoms with Gasteiger partial charge in [-0.3, -0.25) is 0 Å². The van der Waals surface area contributed by atoms with Crippen LogP contribution >= 0.6 is 0 Å². The van der Waals surface area contributed by atoms with Crippen molar-refractivity contribution in [3.63, 3.8) is 0 Å². The Labute approximate surface area is 499 Å². The fraction of sp³-hybridized carbons (Fsp3) is 0.0732. The molecule has 0 saturated carbocycles. The van der Waals surface area contributed by atoms with Crippen LogP contribution < -0.4 is 4.90 Å². The number of benzene rings is 12. The lowest BCUT2D eigenvalue weighted by atomic mass is 9.98. The molecule has 0 N–H and O–H groups in total. The monoisotopic (exact) mass is 1090 g/mol. The molecule has 85 heavy (non-hydrogen) atoms. The zero-order valence-corrected chi connectivity index (χ0v) is 47.8. The number of rotatable bonds is 18. The van der Waals surface area contributed by atoms with E-state index < -0.39 is 0 Å². The van der Waals surface area contributed by atoms with E-state index in [4.69, 9.17) is 0 Å². The Morgan fingerprint density at radius 1 is 0.271 bits per heavy atom. The Hall–Kier alpha value is -10.5. The first-order valence-corrected chi connectivity index (χ1v) is 29.9. The van der Waals surface area contributed by atoms with Gasteiger partial charge in [0.2, 0.25) is 0 Å². The first-order chi connectivity index (χ1) is 42.0.